The van der Waals surface area contributed by atoms with Gasteiger partial charge < -0.3 is 14.8 Å². The molecule has 0 aliphatic carbocycles. The van der Waals surface area contributed by atoms with Crippen molar-refractivity contribution in [1.29, 1.82) is 0 Å². The summed E-state index contributed by atoms with van der Waals surface area (Å²) < 4.78 is 45.3. The van der Waals surface area contributed by atoms with E-state index < -0.39 is 6.36 Å². The quantitative estimate of drug-likeness (QED) is 0.694. The van der Waals surface area contributed by atoms with Gasteiger partial charge in [0, 0.05) is 10.8 Å². The lowest BCUT2D eigenvalue weighted by Gasteiger charge is -2.11. The van der Waals surface area contributed by atoms with Gasteiger partial charge in [0.25, 0.3) is 0 Å². The number of amides is 1. The first-order chi connectivity index (χ1) is 12.3. The summed E-state index contributed by atoms with van der Waals surface area (Å²) >= 11 is 7.22. The van der Waals surface area contributed by atoms with E-state index in [-0.39, 0.29) is 17.4 Å². The molecule has 0 atom stereocenters. The number of anilines is 1. The Balaban J connectivity index is 1.82. The summed E-state index contributed by atoms with van der Waals surface area (Å²) in [5, 5.41) is 3.18. The SMILES string of the molecule is COc1ccc(Cl)cc1NC(=O)CSCc1ccc(OC(F)(F)F)cc1. The second kappa shape index (κ2) is 9.05. The Morgan fingerprint density at radius 1 is 1.19 bits per heavy atom. The summed E-state index contributed by atoms with van der Waals surface area (Å²) in [6.07, 6.45) is -4.71. The van der Waals surface area contributed by atoms with Crippen LogP contribution < -0.4 is 14.8 Å². The van der Waals surface area contributed by atoms with Crippen LogP contribution in [0.15, 0.2) is 42.5 Å². The van der Waals surface area contributed by atoms with Crippen molar-refractivity contribution in [2.45, 2.75) is 12.1 Å². The van der Waals surface area contributed by atoms with Crippen LogP contribution in [0.1, 0.15) is 5.56 Å². The number of rotatable bonds is 7. The van der Waals surface area contributed by atoms with Crippen LogP contribution >= 0.6 is 23.4 Å². The molecular weight excluding hydrogens is 391 g/mol. The van der Waals surface area contributed by atoms with Crippen LogP contribution in [0.3, 0.4) is 0 Å². The molecule has 0 saturated carbocycles. The number of benzene rings is 2. The van der Waals surface area contributed by atoms with Crippen molar-refractivity contribution in [2.75, 3.05) is 18.2 Å². The van der Waals surface area contributed by atoms with Crippen molar-refractivity contribution >= 4 is 35.0 Å². The first-order valence-electron chi connectivity index (χ1n) is 7.32. The van der Waals surface area contributed by atoms with E-state index >= 15 is 0 Å². The molecule has 140 valence electrons. The molecule has 0 radical (unpaired) electrons. The predicted octanol–water partition coefficient (Wildman–Crippen LogP) is 5.12. The number of halogens is 4. The van der Waals surface area contributed by atoms with Gasteiger partial charge in [-0.25, -0.2) is 0 Å². The molecule has 0 aliphatic heterocycles. The Morgan fingerprint density at radius 3 is 2.50 bits per heavy atom. The van der Waals surface area contributed by atoms with Gasteiger partial charge in [-0.2, -0.15) is 0 Å². The largest absolute Gasteiger partial charge is 0.573 e. The van der Waals surface area contributed by atoms with Gasteiger partial charge in [0.1, 0.15) is 11.5 Å². The normalized spacial score (nSPS) is 11.1. The molecule has 9 heteroatoms. The Kier molecular flexibility index (Phi) is 7.05. The van der Waals surface area contributed by atoms with Gasteiger partial charge in [-0.05, 0) is 35.9 Å². The van der Waals surface area contributed by atoms with Crippen LogP contribution in [0, 0.1) is 0 Å². The maximum atomic E-state index is 12.1. The smallest absolute Gasteiger partial charge is 0.495 e. The minimum absolute atomic E-state index is 0.163. The molecule has 2 aromatic rings. The Morgan fingerprint density at radius 2 is 1.88 bits per heavy atom. The summed E-state index contributed by atoms with van der Waals surface area (Å²) in [5.41, 5.74) is 1.25. The fourth-order valence-corrected chi connectivity index (χ4v) is 2.97. The molecule has 0 aliphatic rings. The third-order valence-electron chi connectivity index (χ3n) is 3.09. The monoisotopic (exact) mass is 405 g/mol. The molecule has 0 aromatic heterocycles. The molecule has 4 nitrogen and oxygen atoms in total. The number of ether oxygens (including phenoxy) is 2. The van der Waals surface area contributed by atoms with Crippen molar-refractivity contribution < 1.29 is 27.4 Å². The van der Waals surface area contributed by atoms with E-state index in [4.69, 9.17) is 16.3 Å². The van der Waals surface area contributed by atoms with E-state index in [1.165, 1.54) is 43.1 Å². The van der Waals surface area contributed by atoms with E-state index in [0.29, 0.717) is 22.2 Å². The van der Waals surface area contributed by atoms with Crippen molar-refractivity contribution in [2.24, 2.45) is 0 Å². The lowest BCUT2D eigenvalue weighted by atomic mass is 10.2. The van der Waals surface area contributed by atoms with Gasteiger partial charge in [0.05, 0.1) is 18.6 Å². The van der Waals surface area contributed by atoms with E-state index in [9.17, 15) is 18.0 Å². The van der Waals surface area contributed by atoms with E-state index in [1.54, 1.807) is 18.2 Å². The molecule has 0 heterocycles. The molecule has 0 unspecified atom stereocenters. The number of methoxy groups -OCH3 is 1. The average molecular weight is 406 g/mol. The van der Waals surface area contributed by atoms with Crippen LogP contribution in [0.25, 0.3) is 0 Å². The summed E-state index contributed by atoms with van der Waals surface area (Å²) in [5.74, 6) is 0.598. The van der Waals surface area contributed by atoms with Crippen LogP contribution in [-0.2, 0) is 10.5 Å². The van der Waals surface area contributed by atoms with Gasteiger partial charge in [-0.15, -0.1) is 24.9 Å². The molecule has 0 saturated heterocycles. The molecule has 2 aromatic carbocycles. The second-order valence-electron chi connectivity index (χ2n) is 5.08. The van der Waals surface area contributed by atoms with Crippen molar-refractivity contribution in [3.63, 3.8) is 0 Å². The van der Waals surface area contributed by atoms with Gasteiger partial charge in [0.15, 0.2) is 0 Å². The molecule has 0 fully saturated rings. The third kappa shape index (κ3) is 6.68. The van der Waals surface area contributed by atoms with Crippen molar-refractivity contribution in [3.05, 3.63) is 53.1 Å². The Hall–Kier alpha value is -2.06. The summed E-state index contributed by atoms with van der Waals surface area (Å²) in [4.78, 5) is 12.0. The molecule has 1 amide bonds. The van der Waals surface area contributed by atoms with E-state index in [1.807, 2.05) is 0 Å². The highest BCUT2D eigenvalue weighted by Crippen LogP contribution is 2.28. The van der Waals surface area contributed by atoms with Crippen LogP contribution in [0.2, 0.25) is 5.02 Å². The van der Waals surface area contributed by atoms with Crippen molar-refractivity contribution in [3.8, 4) is 11.5 Å². The maximum absolute atomic E-state index is 12.1. The second-order valence-corrected chi connectivity index (χ2v) is 6.50. The van der Waals surface area contributed by atoms with E-state index in [0.717, 1.165) is 5.56 Å². The number of hydrogen-bond donors (Lipinski definition) is 1. The number of carbonyl (C=O) groups excluding carboxylic acids is 1. The summed E-state index contributed by atoms with van der Waals surface area (Å²) in [7, 11) is 1.49. The van der Waals surface area contributed by atoms with Crippen LogP contribution in [0.5, 0.6) is 11.5 Å². The fraction of sp³-hybridized carbons (Fsp3) is 0.235. The van der Waals surface area contributed by atoms with Gasteiger partial charge in [-0.3, -0.25) is 4.79 Å². The predicted molar refractivity (Wildman–Crippen MR) is 95.9 cm³/mol. The zero-order chi connectivity index (χ0) is 19.2. The number of carbonyl (C=O) groups is 1. The van der Waals surface area contributed by atoms with Gasteiger partial charge in [0.2, 0.25) is 5.91 Å². The third-order valence-corrected chi connectivity index (χ3v) is 4.33. The average Bonchev–Trinajstić information content (AvgIpc) is 2.55. The number of thioether (sulfide) groups is 1. The lowest BCUT2D eigenvalue weighted by Crippen LogP contribution is -2.17. The Labute approximate surface area is 157 Å². The lowest BCUT2D eigenvalue weighted by molar-refractivity contribution is -0.274. The molecule has 26 heavy (non-hydrogen) atoms. The highest BCUT2D eigenvalue weighted by Gasteiger charge is 2.30. The minimum Gasteiger partial charge on any atom is -0.495 e. The van der Waals surface area contributed by atoms with Gasteiger partial charge >= 0.3 is 6.36 Å². The number of alkyl halides is 3. The Bertz CT molecular complexity index is 754. The van der Waals surface area contributed by atoms with Crippen LogP contribution in [-0.4, -0.2) is 25.1 Å². The number of nitrogens with one attached hydrogen (secondary N) is 1. The molecular formula is C17H15ClF3NO3S. The standard InChI is InChI=1S/C17H15ClF3NO3S/c1-24-15-7-4-12(18)8-14(15)22-16(23)10-26-9-11-2-5-13(6-3-11)25-17(19,20)21/h2-8H,9-10H2,1H3,(H,22,23). The maximum Gasteiger partial charge on any atom is 0.573 e. The zero-order valence-corrected chi connectivity index (χ0v) is 15.2. The highest BCUT2D eigenvalue weighted by molar-refractivity contribution is 7.99. The topological polar surface area (TPSA) is 47.6 Å². The molecule has 0 bridgehead atoms. The molecule has 2 rings (SSSR count). The number of hydrogen-bond acceptors (Lipinski definition) is 4. The summed E-state index contributed by atoms with van der Waals surface area (Å²) in [6.45, 7) is 0. The van der Waals surface area contributed by atoms with Crippen LogP contribution in [0.4, 0.5) is 18.9 Å². The van der Waals surface area contributed by atoms with Crippen molar-refractivity contribution in [1.82, 2.24) is 0 Å². The van der Waals surface area contributed by atoms with Gasteiger partial charge in [-0.1, -0.05) is 23.7 Å². The minimum atomic E-state index is -4.71. The first-order valence-corrected chi connectivity index (χ1v) is 8.86. The fourth-order valence-electron chi connectivity index (χ4n) is 2.01. The highest BCUT2D eigenvalue weighted by atomic mass is 35.5. The molecule has 0 spiro atoms. The first kappa shape index (κ1) is 20.3. The summed E-state index contributed by atoms with van der Waals surface area (Å²) in [6, 6.07) is 10.4. The molecule has 1 N–H and O–H groups in total. The van der Waals surface area contributed by atoms with E-state index in [2.05, 4.69) is 10.1 Å². The zero-order valence-electron chi connectivity index (χ0n) is 13.6.